The van der Waals surface area contributed by atoms with Gasteiger partial charge in [0, 0.05) is 68.9 Å². The Morgan fingerprint density at radius 1 is 0.624 bits per heavy atom. The van der Waals surface area contributed by atoms with Gasteiger partial charge in [0.2, 0.25) is 5.91 Å². The zero-order valence-electron chi connectivity index (χ0n) is 54.5. The largest absolute Gasteiger partial charge is 0.459 e. The number of rotatable bonds is 9. The summed E-state index contributed by atoms with van der Waals surface area (Å²) in [6.45, 7) is 25.7. The second kappa shape index (κ2) is 31.6. The first kappa shape index (κ1) is 76.9. The van der Waals surface area contributed by atoms with E-state index in [2.05, 4.69) is 5.32 Å². The lowest BCUT2D eigenvalue weighted by atomic mass is 9.79. The molecule has 0 bridgehead atoms. The van der Waals surface area contributed by atoms with Crippen LogP contribution in [0.1, 0.15) is 149 Å². The topological polar surface area (TPSA) is 371 Å². The highest BCUT2D eigenvalue weighted by Gasteiger charge is 2.53. The number of carbonyl (C=O) groups is 3. The van der Waals surface area contributed by atoms with E-state index >= 15 is 0 Å². The average Bonchev–Trinajstić information content (AvgIpc) is 3.69. The highest BCUT2D eigenvalue weighted by molar-refractivity contribution is 5.78. The smallest absolute Gasteiger partial charge is 0.311 e. The zero-order valence-corrected chi connectivity index (χ0v) is 54.5. The van der Waals surface area contributed by atoms with Gasteiger partial charge in [0.15, 0.2) is 12.6 Å². The molecule has 0 aromatic rings. The lowest BCUT2D eigenvalue weighted by Crippen LogP contribution is -2.60. The van der Waals surface area contributed by atoms with Gasteiger partial charge in [-0.25, -0.2) is 0 Å². The molecule has 28 atom stereocenters. The molecular formula is C60H114N4O21. The van der Waals surface area contributed by atoms with Crippen molar-refractivity contribution in [3.05, 3.63) is 0 Å². The number of hydrogen-bond acceptors (Lipinski definition) is 24. The van der Waals surface area contributed by atoms with Gasteiger partial charge in [0.1, 0.15) is 47.8 Å². The normalized spacial score (nSPS) is 46.9. The molecule has 4 aliphatic heterocycles. The van der Waals surface area contributed by atoms with Gasteiger partial charge in [-0.3, -0.25) is 24.2 Å². The molecule has 0 aromatic heterocycles. The minimum Gasteiger partial charge on any atom is -0.459 e. The Bertz CT molecular complexity index is 2070. The van der Waals surface area contributed by atoms with Crippen molar-refractivity contribution in [2.75, 3.05) is 41.3 Å². The lowest BCUT2D eigenvalue weighted by Gasteiger charge is -2.47. The third-order valence-electron chi connectivity index (χ3n) is 18.9. The summed E-state index contributed by atoms with van der Waals surface area (Å²) >= 11 is 0. The number of esters is 2. The third kappa shape index (κ3) is 18.9. The number of ether oxygens (including phenoxy) is 6. The molecule has 4 saturated heterocycles. The standard InChI is InChI=1S/C32H60N2O11.C28H54N2O10/c1-12-23-32(9,42)26(38)20(7)33(10)15-21(35)14-31(8,41)27(18(5)24(36)19(6)29(40)44-23)45-30-25(37)22(13-17(4)43-30)34(11)28(39)16(2)3;1-10-20-28(7,37)23(34)17(5)30(9)13-18(31)12-27(6,36)24(15(3)21(32)16(4)25(35)39-20)40-26-22(33)19(29-8)11-14(2)38-26/h16-27,30,35-38,41-42H,12-15H2,1-11H3;14-24,26,29,31-34,36-37H,10-13H2,1-9H3/t17-,18+,19-,20-,21-,22+,23-,24+,25-,26-,27-,30+,31-,32-;14-,15+,16-,17-,18-,19+,20-,21+,22-,23-,24-,26+,27-,28-/m11/s1. The zero-order chi connectivity index (χ0) is 65.5. The highest BCUT2D eigenvalue weighted by atomic mass is 16.7. The van der Waals surface area contributed by atoms with Crippen LogP contribution in [0.2, 0.25) is 0 Å². The Morgan fingerprint density at radius 2 is 0.976 bits per heavy atom. The quantitative estimate of drug-likeness (QED) is 0.131. The number of β-amino-alcohol motifs (C(OH)–C–C–N with tert-alkyl or cyclic N) is 2. The van der Waals surface area contributed by atoms with Crippen molar-refractivity contribution >= 4 is 17.8 Å². The molecule has 0 radical (unpaired) electrons. The number of amides is 1. The average molecular weight is 1230 g/mol. The van der Waals surface area contributed by atoms with E-state index < -0.39 is 168 Å². The van der Waals surface area contributed by atoms with Crippen molar-refractivity contribution in [2.24, 2.45) is 29.6 Å². The third-order valence-corrected chi connectivity index (χ3v) is 18.9. The summed E-state index contributed by atoms with van der Waals surface area (Å²) in [6.07, 6.45) is -17.2. The molecule has 25 heteroatoms. The van der Waals surface area contributed by atoms with E-state index in [1.54, 1.807) is 100 Å². The van der Waals surface area contributed by atoms with Gasteiger partial charge in [-0.05, 0) is 116 Å². The van der Waals surface area contributed by atoms with Gasteiger partial charge < -0.3 is 99.9 Å². The van der Waals surface area contributed by atoms with Crippen molar-refractivity contribution in [3.8, 4) is 0 Å². The van der Waals surface area contributed by atoms with E-state index in [1.165, 1.54) is 46.4 Å². The SMILES string of the molecule is CC[C@H]1OC(=O)[C@H](C)[C@@H](O)[C@H](C)[C@@H](O[C@@H]2O[C@H](C)C[C@H](N(C)C(=O)C(C)C)[C@H]2O)[C@](C)(O)C[C@@H](O)CN(C)[C@H](C)[C@@H](O)[C@]1(C)O.CC[C@H]1OC(=O)[C@H](C)[C@@H](O)[C@H](C)[C@@H](O[C@@H]2O[C@H](C)C[C@H](NC)[C@H]2O)[C@](C)(O)C[C@@H](O)CN(C)[C@H](C)[C@@H](O)[C@]1(C)O. The minimum absolute atomic E-state index is 0.00906. The van der Waals surface area contributed by atoms with E-state index in [-0.39, 0.29) is 62.7 Å². The Labute approximate surface area is 505 Å². The fourth-order valence-corrected chi connectivity index (χ4v) is 12.9. The van der Waals surface area contributed by atoms with Crippen LogP contribution in [0.4, 0.5) is 0 Å². The van der Waals surface area contributed by atoms with Crippen molar-refractivity contribution in [3.63, 3.8) is 0 Å². The number of likely N-dealkylation sites (N-methyl/N-ethyl adjacent to an activating group) is 4. The van der Waals surface area contributed by atoms with Crippen LogP contribution in [-0.4, -0.2) is 280 Å². The van der Waals surface area contributed by atoms with Crippen LogP contribution in [0.5, 0.6) is 0 Å². The molecule has 85 heavy (non-hydrogen) atoms. The van der Waals surface area contributed by atoms with E-state index in [4.69, 9.17) is 28.4 Å². The molecule has 25 nitrogen and oxygen atoms in total. The van der Waals surface area contributed by atoms with Crippen LogP contribution in [0.25, 0.3) is 0 Å². The predicted molar refractivity (Wildman–Crippen MR) is 313 cm³/mol. The van der Waals surface area contributed by atoms with Crippen LogP contribution < -0.4 is 5.32 Å². The predicted octanol–water partition coefficient (Wildman–Crippen LogP) is -0.389. The second-order valence-corrected chi connectivity index (χ2v) is 26.8. The number of cyclic esters (lactones) is 2. The second-order valence-electron chi connectivity index (χ2n) is 26.8. The van der Waals surface area contributed by atoms with Gasteiger partial charge in [-0.2, -0.15) is 0 Å². The summed E-state index contributed by atoms with van der Waals surface area (Å²) in [5.41, 5.74) is -7.26. The number of aliphatic hydroxyl groups excluding tert-OH is 8. The maximum absolute atomic E-state index is 13.3. The van der Waals surface area contributed by atoms with Crippen LogP contribution in [-0.2, 0) is 42.8 Å². The summed E-state index contributed by atoms with van der Waals surface area (Å²) in [4.78, 5) is 44.1. The first-order valence-corrected chi connectivity index (χ1v) is 30.7. The van der Waals surface area contributed by atoms with Gasteiger partial charge in [0.25, 0.3) is 0 Å². The van der Waals surface area contributed by atoms with Crippen molar-refractivity contribution in [2.45, 2.75) is 294 Å². The number of nitrogens with one attached hydrogen (secondary N) is 1. The number of nitrogens with zero attached hydrogens (tertiary/aromatic N) is 3. The molecule has 4 aliphatic rings. The maximum atomic E-state index is 13.3. The molecular weight excluding hydrogens is 1110 g/mol. The van der Waals surface area contributed by atoms with Crippen LogP contribution in [0.3, 0.4) is 0 Å². The summed E-state index contributed by atoms with van der Waals surface area (Å²) < 4.78 is 35.7. The van der Waals surface area contributed by atoms with Gasteiger partial charge in [-0.15, -0.1) is 0 Å². The van der Waals surface area contributed by atoms with E-state index in [0.717, 1.165) is 0 Å². The molecule has 4 fully saturated rings. The van der Waals surface area contributed by atoms with Gasteiger partial charge in [0.05, 0.1) is 77.9 Å². The molecule has 0 aromatic carbocycles. The summed E-state index contributed by atoms with van der Waals surface area (Å²) in [6, 6.07) is -2.34. The van der Waals surface area contributed by atoms with E-state index in [1.807, 2.05) is 6.92 Å². The monoisotopic (exact) mass is 1230 g/mol. The molecule has 500 valence electrons. The van der Waals surface area contributed by atoms with E-state index in [0.29, 0.717) is 12.8 Å². The Hall–Kier alpha value is -2.35. The molecule has 0 saturated carbocycles. The lowest BCUT2D eigenvalue weighted by molar-refractivity contribution is -0.299. The van der Waals surface area contributed by atoms with Crippen LogP contribution in [0, 0.1) is 29.6 Å². The molecule has 4 rings (SSSR count). The van der Waals surface area contributed by atoms with Crippen molar-refractivity contribution < 1.29 is 104 Å². The molecule has 13 N–H and O–H groups in total. The van der Waals surface area contributed by atoms with Crippen LogP contribution >= 0.6 is 0 Å². The van der Waals surface area contributed by atoms with Crippen molar-refractivity contribution in [1.29, 1.82) is 0 Å². The Balaban J connectivity index is 0.000000448. The first-order valence-electron chi connectivity index (χ1n) is 30.7. The summed E-state index contributed by atoms with van der Waals surface area (Å²) in [7, 11) is 6.64. The molecule has 0 unspecified atom stereocenters. The number of carbonyl (C=O) groups excluding carboxylic acids is 3. The number of hydrogen-bond donors (Lipinski definition) is 13. The van der Waals surface area contributed by atoms with Gasteiger partial charge in [-0.1, -0.05) is 41.5 Å². The molecule has 0 aliphatic carbocycles. The van der Waals surface area contributed by atoms with E-state index in [9.17, 15) is 75.7 Å². The summed E-state index contributed by atoms with van der Waals surface area (Å²) in [5, 5.41) is 139. The Kier molecular flexibility index (Phi) is 28.6. The fraction of sp³-hybridized carbons (Fsp3) is 0.950. The van der Waals surface area contributed by atoms with Crippen LogP contribution in [0.15, 0.2) is 0 Å². The van der Waals surface area contributed by atoms with Crippen molar-refractivity contribution in [1.82, 2.24) is 20.0 Å². The fourth-order valence-electron chi connectivity index (χ4n) is 12.9. The number of aliphatic hydroxyl groups is 12. The Morgan fingerprint density at radius 3 is 1.32 bits per heavy atom. The highest BCUT2D eigenvalue weighted by Crippen LogP contribution is 2.38. The minimum atomic E-state index is -1.86. The molecule has 4 heterocycles. The summed E-state index contributed by atoms with van der Waals surface area (Å²) in [5.74, 6) is -6.19. The maximum Gasteiger partial charge on any atom is 0.311 e. The van der Waals surface area contributed by atoms with Gasteiger partial charge >= 0.3 is 11.9 Å². The molecule has 0 spiro atoms. The first-order chi connectivity index (χ1) is 39.0. The molecule has 1 amide bonds.